The molecule has 1 fully saturated rings. The van der Waals surface area contributed by atoms with E-state index < -0.39 is 0 Å². The summed E-state index contributed by atoms with van der Waals surface area (Å²) in [4.78, 5) is 0. The summed E-state index contributed by atoms with van der Waals surface area (Å²) in [6, 6.07) is 16.4. The van der Waals surface area contributed by atoms with E-state index in [1.807, 2.05) is 0 Å². The molecule has 2 aromatic carbocycles. The predicted molar refractivity (Wildman–Crippen MR) is 152 cm³/mol. The molecule has 0 amide bonds. The van der Waals surface area contributed by atoms with Crippen molar-refractivity contribution in [1.82, 2.24) is 0 Å². The van der Waals surface area contributed by atoms with E-state index in [4.69, 9.17) is 6.58 Å². The Morgan fingerprint density at radius 3 is 2.49 bits per heavy atom. The number of allylic oxidation sites excluding steroid dienone is 7. The average molecular weight is 461 g/mol. The Labute approximate surface area is 212 Å². The van der Waals surface area contributed by atoms with Crippen LogP contribution in [0.2, 0.25) is 0 Å². The van der Waals surface area contributed by atoms with E-state index in [9.17, 15) is 0 Å². The molecule has 0 bridgehead atoms. The Kier molecular flexibility index (Phi) is 6.58. The molecule has 3 aliphatic carbocycles. The second-order valence-corrected chi connectivity index (χ2v) is 11.2. The van der Waals surface area contributed by atoms with Crippen molar-refractivity contribution in [3.63, 3.8) is 0 Å². The lowest BCUT2D eigenvalue weighted by atomic mass is 9.69. The largest absolute Gasteiger partial charge is 0.0955 e. The summed E-state index contributed by atoms with van der Waals surface area (Å²) in [5.74, 6) is 1.17. The van der Waals surface area contributed by atoms with Crippen molar-refractivity contribution in [3.8, 4) is 0 Å². The van der Waals surface area contributed by atoms with Gasteiger partial charge in [0, 0.05) is 11.8 Å². The van der Waals surface area contributed by atoms with Gasteiger partial charge in [-0.15, -0.1) is 0 Å². The van der Waals surface area contributed by atoms with Crippen LogP contribution in [0.25, 0.3) is 6.08 Å². The number of aryl methyl sites for hydroxylation is 2. The Bertz CT molecular complexity index is 1260. The van der Waals surface area contributed by atoms with Crippen LogP contribution in [-0.4, -0.2) is 0 Å². The minimum absolute atomic E-state index is 0.300. The summed E-state index contributed by atoms with van der Waals surface area (Å²) in [5, 5.41) is 0. The first kappa shape index (κ1) is 23.9. The monoisotopic (exact) mass is 460 g/mol. The molecule has 0 saturated heterocycles. The zero-order valence-corrected chi connectivity index (χ0v) is 22.1. The molecule has 0 heterocycles. The number of rotatable bonds is 6. The van der Waals surface area contributed by atoms with Gasteiger partial charge >= 0.3 is 0 Å². The van der Waals surface area contributed by atoms with Crippen LogP contribution in [-0.2, 0) is 12.8 Å². The molecule has 0 nitrogen and oxygen atoms in total. The van der Waals surface area contributed by atoms with Crippen LogP contribution in [0.4, 0.5) is 0 Å². The molecule has 0 heteroatoms. The Morgan fingerprint density at radius 2 is 1.77 bits per heavy atom. The Morgan fingerprint density at radius 1 is 1.03 bits per heavy atom. The molecule has 180 valence electrons. The topological polar surface area (TPSA) is 0 Å². The third-order valence-corrected chi connectivity index (χ3v) is 8.41. The lowest BCUT2D eigenvalue weighted by molar-refractivity contribution is 0.619. The third-order valence-electron chi connectivity index (χ3n) is 8.41. The van der Waals surface area contributed by atoms with Crippen molar-refractivity contribution in [3.05, 3.63) is 123 Å². The van der Waals surface area contributed by atoms with Gasteiger partial charge in [0.15, 0.2) is 0 Å². The molecule has 3 aliphatic rings. The molecule has 0 spiro atoms. The lowest BCUT2D eigenvalue weighted by Crippen LogP contribution is -2.21. The van der Waals surface area contributed by atoms with E-state index in [2.05, 4.69) is 88.9 Å². The fourth-order valence-corrected chi connectivity index (χ4v) is 6.60. The number of hydrogen-bond acceptors (Lipinski definition) is 0. The number of benzene rings is 2. The fourth-order valence-electron chi connectivity index (χ4n) is 6.60. The van der Waals surface area contributed by atoms with E-state index in [-0.39, 0.29) is 0 Å². The standard InChI is InChI=1S/C35H40/c1-7-9-23(4)33-24(5)18-32-21-31(20-26-12-13-28-10-8-11-30(28)19-26)25(6)34(32)35(33)29-16-14-27(15-17-29)22(2)3/h12-20,22,34-35H,4,6-11,21H2,1-3,5H3/b31-20-. The van der Waals surface area contributed by atoms with Crippen LogP contribution in [0, 0.1) is 5.92 Å². The van der Waals surface area contributed by atoms with Crippen molar-refractivity contribution in [2.24, 2.45) is 5.92 Å². The highest BCUT2D eigenvalue weighted by Gasteiger charge is 2.40. The van der Waals surface area contributed by atoms with Gasteiger partial charge in [0.25, 0.3) is 0 Å². The average Bonchev–Trinajstić information content (AvgIpc) is 3.42. The smallest absolute Gasteiger partial charge is 0.0201 e. The summed E-state index contributed by atoms with van der Waals surface area (Å²) in [5.41, 5.74) is 15.6. The molecule has 2 aromatic rings. The first-order chi connectivity index (χ1) is 16.9. The van der Waals surface area contributed by atoms with Crippen molar-refractivity contribution >= 4 is 6.08 Å². The van der Waals surface area contributed by atoms with Crippen molar-refractivity contribution in [2.45, 2.75) is 78.1 Å². The maximum atomic E-state index is 4.71. The van der Waals surface area contributed by atoms with Crippen molar-refractivity contribution in [1.29, 1.82) is 0 Å². The molecule has 0 aromatic heterocycles. The zero-order valence-electron chi connectivity index (χ0n) is 22.1. The van der Waals surface area contributed by atoms with Crippen molar-refractivity contribution in [2.75, 3.05) is 0 Å². The Hall–Kier alpha value is -2.86. The van der Waals surface area contributed by atoms with Gasteiger partial charge < -0.3 is 0 Å². The molecule has 0 aliphatic heterocycles. The van der Waals surface area contributed by atoms with Crippen LogP contribution < -0.4 is 0 Å². The fraction of sp³-hybridized carbons (Fsp3) is 0.371. The highest BCUT2D eigenvalue weighted by Crippen LogP contribution is 2.55. The van der Waals surface area contributed by atoms with Gasteiger partial charge in [-0.2, -0.15) is 0 Å². The van der Waals surface area contributed by atoms with Gasteiger partial charge in [0.1, 0.15) is 0 Å². The van der Waals surface area contributed by atoms with Crippen LogP contribution >= 0.6 is 0 Å². The summed E-state index contributed by atoms with van der Waals surface area (Å²) in [6.07, 6.45) is 11.8. The molecular formula is C35H40. The summed E-state index contributed by atoms with van der Waals surface area (Å²) < 4.78 is 0. The quantitative estimate of drug-likeness (QED) is 0.402. The second-order valence-electron chi connectivity index (χ2n) is 11.2. The minimum Gasteiger partial charge on any atom is -0.0955 e. The highest BCUT2D eigenvalue weighted by atomic mass is 14.4. The predicted octanol–water partition coefficient (Wildman–Crippen LogP) is 9.65. The molecular weight excluding hydrogens is 420 g/mol. The first-order valence-electron chi connectivity index (χ1n) is 13.6. The second kappa shape index (κ2) is 9.65. The van der Waals surface area contributed by atoms with Crippen LogP contribution in [0.1, 0.15) is 93.0 Å². The van der Waals surface area contributed by atoms with Gasteiger partial charge in [0.2, 0.25) is 0 Å². The molecule has 35 heavy (non-hydrogen) atoms. The van der Waals surface area contributed by atoms with Gasteiger partial charge in [0.05, 0.1) is 0 Å². The summed E-state index contributed by atoms with van der Waals surface area (Å²) in [7, 11) is 0. The van der Waals surface area contributed by atoms with Gasteiger partial charge in [-0.05, 0) is 95.1 Å². The summed E-state index contributed by atoms with van der Waals surface area (Å²) >= 11 is 0. The maximum Gasteiger partial charge on any atom is 0.0201 e. The lowest BCUT2D eigenvalue weighted by Gasteiger charge is -2.34. The van der Waals surface area contributed by atoms with E-state index in [0.717, 1.165) is 19.3 Å². The first-order valence-corrected chi connectivity index (χ1v) is 13.6. The van der Waals surface area contributed by atoms with Crippen LogP contribution in [0.5, 0.6) is 0 Å². The van der Waals surface area contributed by atoms with E-state index >= 15 is 0 Å². The van der Waals surface area contributed by atoms with Crippen LogP contribution in [0.3, 0.4) is 0 Å². The van der Waals surface area contributed by atoms with Crippen molar-refractivity contribution < 1.29 is 0 Å². The zero-order chi connectivity index (χ0) is 24.7. The summed E-state index contributed by atoms with van der Waals surface area (Å²) in [6.45, 7) is 18.4. The number of fused-ring (bicyclic) bond motifs is 2. The normalized spacial score (nSPS) is 22.6. The molecule has 1 saturated carbocycles. The van der Waals surface area contributed by atoms with Crippen LogP contribution in [0.15, 0.2) is 95.1 Å². The maximum absolute atomic E-state index is 4.71. The van der Waals surface area contributed by atoms with E-state index in [0.29, 0.717) is 17.8 Å². The van der Waals surface area contributed by atoms with Gasteiger partial charge in [-0.3, -0.25) is 0 Å². The minimum atomic E-state index is 0.300. The van der Waals surface area contributed by atoms with Gasteiger partial charge in [-0.1, -0.05) is 106 Å². The Balaban J connectivity index is 1.55. The molecule has 0 radical (unpaired) electrons. The SMILES string of the molecule is C=C(CCC)C1=C(C)C=C2C/C(=C/c3ccc4c(c3)CCC4)C(=C)C2C1c1ccc(C(C)C)cc1. The van der Waals surface area contributed by atoms with E-state index in [1.165, 1.54) is 75.0 Å². The molecule has 2 atom stereocenters. The van der Waals surface area contributed by atoms with E-state index in [1.54, 1.807) is 5.56 Å². The highest BCUT2D eigenvalue weighted by molar-refractivity contribution is 5.68. The third kappa shape index (κ3) is 4.44. The molecule has 5 rings (SSSR count). The van der Waals surface area contributed by atoms with Gasteiger partial charge in [-0.25, -0.2) is 0 Å². The molecule has 0 N–H and O–H groups in total. The number of hydrogen-bond donors (Lipinski definition) is 0. The molecule has 2 unspecified atom stereocenters.